The molecule has 0 aliphatic rings. The van der Waals surface area contributed by atoms with Gasteiger partial charge in [-0.25, -0.2) is 4.98 Å². The van der Waals surface area contributed by atoms with Crippen LogP contribution < -0.4 is 4.74 Å². The van der Waals surface area contributed by atoms with E-state index in [1.54, 1.807) is 29.1 Å². The molecular weight excluding hydrogens is 254 g/mol. The van der Waals surface area contributed by atoms with Crippen LogP contribution in [0.4, 0.5) is 8.78 Å². The first kappa shape index (κ1) is 13.5. The first-order valence-electron chi connectivity index (χ1n) is 5.75. The molecule has 0 aliphatic carbocycles. The second kappa shape index (κ2) is 5.79. The highest BCUT2D eigenvalue weighted by atomic mass is 19.3. The van der Waals surface area contributed by atoms with Gasteiger partial charge in [-0.2, -0.15) is 8.78 Å². The third-order valence-corrected chi connectivity index (χ3v) is 2.76. The van der Waals surface area contributed by atoms with Crippen molar-refractivity contribution in [3.8, 4) is 5.75 Å². The zero-order valence-electron chi connectivity index (χ0n) is 10.3. The van der Waals surface area contributed by atoms with Gasteiger partial charge in [0.15, 0.2) is 0 Å². The van der Waals surface area contributed by atoms with Crippen LogP contribution in [0.25, 0.3) is 0 Å². The van der Waals surface area contributed by atoms with Gasteiger partial charge in [-0.3, -0.25) is 0 Å². The minimum atomic E-state index is -2.87. The SMILES string of the molecule is Cn1ccnc1CC(O)c1cccc(OC(F)F)c1. The summed E-state index contributed by atoms with van der Waals surface area (Å²) >= 11 is 0. The second-order valence-corrected chi connectivity index (χ2v) is 4.13. The summed E-state index contributed by atoms with van der Waals surface area (Å²) in [6.07, 6.45) is 2.90. The number of hydrogen-bond acceptors (Lipinski definition) is 3. The molecule has 0 saturated carbocycles. The lowest BCUT2D eigenvalue weighted by molar-refractivity contribution is -0.0499. The Kier molecular flexibility index (Phi) is 4.11. The molecule has 0 bridgehead atoms. The summed E-state index contributed by atoms with van der Waals surface area (Å²) in [5.41, 5.74) is 0.515. The summed E-state index contributed by atoms with van der Waals surface area (Å²) in [6.45, 7) is -2.87. The predicted molar refractivity (Wildman–Crippen MR) is 64.9 cm³/mol. The maximum absolute atomic E-state index is 12.1. The number of aryl methyl sites for hydroxylation is 1. The number of alkyl halides is 2. The minimum Gasteiger partial charge on any atom is -0.435 e. The van der Waals surface area contributed by atoms with Gasteiger partial charge in [0.2, 0.25) is 0 Å². The first-order valence-corrected chi connectivity index (χ1v) is 5.75. The fourth-order valence-electron chi connectivity index (χ4n) is 1.78. The zero-order valence-corrected chi connectivity index (χ0v) is 10.3. The lowest BCUT2D eigenvalue weighted by atomic mass is 10.1. The molecule has 6 heteroatoms. The summed E-state index contributed by atoms with van der Waals surface area (Å²) in [7, 11) is 1.82. The van der Waals surface area contributed by atoms with E-state index >= 15 is 0 Å². The Bertz CT molecular complexity index is 543. The highest BCUT2D eigenvalue weighted by Crippen LogP contribution is 2.22. The number of aliphatic hydroxyl groups is 1. The molecule has 0 radical (unpaired) electrons. The van der Waals surface area contributed by atoms with Gasteiger partial charge in [0, 0.05) is 25.9 Å². The number of benzene rings is 1. The van der Waals surface area contributed by atoms with Gasteiger partial charge in [0.1, 0.15) is 11.6 Å². The van der Waals surface area contributed by atoms with E-state index in [0.717, 1.165) is 0 Å². The number of aliphatic hydroxyl groups excluding tert-OH is 1. The highest BCUT2D eigenvalue weighted by Gasteiger charge is 2.13. The number of hydrogen-bond donors (Lipinski definition) is 1. The maximum Gasteiger partial charge on any atom is 0.387 e. The average molecular weight is 268 g/mol. The first-order chi connectivity index (χ1) is 9.06. The van der Waals surface area contributed by atoms with Crippen molar-refractivity contribution in [1.29, 1.82) is 0 Å². The molecule has 1 unspecified atom stereocenters. The molecule has 2 rings (SSSR count). The standard InChI is InChI=1S/C13H14F2N2O2/c1-17-6-5-16-12(17)8-11(18)9-3-2-4-10(7-9)19-13(14)15/h2-7,11,13,18H,8H2,1H3. The quantitative estimate of drug-likeness (QED) is 0.905. The van der Waals surface area contributed by atoms with Crippen LogP contribution in [-0.4, -0.2) is 21.3 Å². The molecule has 102 valence electrons. The van der Waals surface area contributed by atoms with Crippen molar-refractivity contribution in [3.63, 3.8) is 0 Å². The predicted octanol–water partition coefficient (Wildman–Crippen LogP) is 2.30. The van der Waals surface area contributed by atoms with Crippen LogP contribution in [0.15, 0.2) is 36.7 Å². The fourth-order valence-corrected chi connectivity index (χ4v) is 1.78. The monoisotopic (exact) mass is 268 g/mol. The van der Waals surface area contributed by atoms with E-state index in [2.05, 4.69) is 9.72 Å². The largest absolute Gasteiger partial charge is 0.435 e. The molecule has 0 aliphatic heterocycles. The fraction of sp³-hybridized carbons (Fsp3) is 0.308. The number of aromatic nitrogens is 2. The highest BCUT2D eigenvalue weighted by molar-refractivity contribution is 5.30. The molecule has 1 aromatic heterocycles. The maximum atomic E-state index is 12.1. The molecule has 0 saturated heterocycles. The van der Waals surface area contributed by atoms with Crippen molar-refractivity contribution in [3.05, 3.63) is 48.0 Å². The van der Waals surface area contributed by atoms with E-state index in [1.165, 1.54) is 12.1 Å². The molecule has 1 atom stereocenters. The van der Waals surface area contributed by atoms with Gasteiger partial charge in [-0.15, -0.1) is 0 Å². The summed E-state index contributed by atoms with van der Waals surface area (Å²) in [4.78, 5) is 4.10. The van der Waals surface area contributed by atoms with E-state index in [1.807, 2.05) is 7.05 Å². The van der Waals surface area contributed by atoms with Gasteiger partial charge in [0.05, 0.1) is 6.10 Å². The Morgan fingerprint density at radius 1 is 1.42 bits per heavy atom. The van der Waals surface area contributed by atoms with Crippen LogP contribution in [0.2, 0.25) is 0 Å². The van der Waals surface area contributed by atoms with E-state index in [9.17, 15) is 13.9 Å². The molecule has 19 heavy (non-hydrogen) atoms. The molecule has 1 N–H and O–H groups in total. The van der Waals surface area contributed by atoms with Crippen molar-refractivity contribution < 1.29 is 18.6 Å². The van der Waals surface area contributed by atoms with Gasteiger partial charge in [-0.05, 0) is 17.7 Å². The van der Waals surface area contributed by atoms with Gasteiger partial charge < -0.3 is 14.4 Å². The summed E-state index contributed by atoms with van der Waals surface area (Å²) in [5, 5.41) is 10.1. The lowest BCUT2D eigenvalue weighted by Gasteiger charge is -2.12. The minimum absolute atomic E-state index is 0.0337. The normalized spacial score (nSPS) is 12.7. The number of imidazole rings is 1. The Labute approximate surface area is 109 Å². The summed E-state index contributed by atoms with van der Waals surface area (Å²) in [5.74, 6) is 0.749. The third-order valence-electron chi connectivity index (χ3n) is 2.76. The van der Waals surface area contributed by atoms with Crippen LogP contribution in [0.3, 0.4) is 0 Å². The summed E-state index contributed by atoms with van der Waals surface area (Å²) in [6, 6.07) is 6.05. The Morgan fingerprint density at radius 2 is 2.21 bits per heavy atom. The molecule has 0 spiro atoms. The van der Waals surface area contributed by atoms with Crippen LogP contribution in [0.1, 0.15) is 17.5 Å². The number of ether oxygens (including phenoxy) is 1. The molecule has 0 fully saturated rings. The van der Waals surface area contributed by atoms with E-state index in [4.69, 9.17) is 0 Å². The van der Waals surface area contributed by atoms with Crippen LogP contribution in [0, 0.1) is 0 Å². The van der Waals surface area contributed by atoms with Gasteiger partial charge >= 0.3 is 6.61 Å². The lowest BCUT2D eigenvalue weighted by Crippen LogP contribution is -2.07. The van der Waals surface area contributed by atoms with Crippen molar-refractivity contribution in [2.24, 2.45) is 7.05 Å². The summed E-state index contributed by atoms with van der Waals surface area (Å²) < 4.78 is 30.3. The van der Waals surface area contributed by atoms with E-state index < -0.39 is 12.7 Å². The third kappa shape index (κ3) is 3.51. The van der Waals surface area contributed by atoms with Gasteiger partial charge in [0.25, 0.3) is 0 Å². The molecule has 4 nitrogen and oxygen atoms in total. The second-order valence-electron chi connectivity index (χ2n) is 4.13. The van der Waals surface area contributed by atoms with Crippen LogP contribution >= 0.6 is 0 Å². The average Bonchev–Trinajstić information content (AvgIpc) is 2.74. The van der Waals surface area contributed by atoms with Crippen LogP contribution in [-0.2, 0) is 13.5 Å². The molecular formula is C13H14F2N2O2. The van der Waals surface area contributed by atoms with E-state index in [-0.39, 0.29) is 5.75 Å². The smallest absolute Gasteiger partial charge is 0.387 e. The molecule has 1 heterocycles. The molecule has 2 aromatic rings. The van der Waals surface area contributed by atoms with Crippen molar-refractivity contribution in [2.75, 3.05) is 0 Å². The number of rotatable bonds is 5. The van der Waals surface area contributed by atoms with Gasteiger partial charge in [-0.1, -0.05) is 12.1 Å². The van der Waals surface area contributed by atoms with Crippen molar-refractivity contribution >= 4 is 0 Å². The van der Waals surface area contributed by atoms with Crippen molar-refractivity contribution in [2.45, 2.75) is 19.1 Å². The van der Waals surface area contributed by atoms with Crippen molar-refractivity contribution in [1.82, 2.24) is 9.55 Å². The molecule has 1 aromatic carbocycles. The Hall–Kier alpha value is -1.95. The number of halogens is 2. The van der Waals surface area contributed by atoms with Crippen LogP contribution in [0.5, 0.6) is 5.75 Å². The zero-order chi connectivity index (χ0) is 13.8. The molecule has 0 amide bonds. The Balaban J connectivity index is 2.10. The Morgan fingerprint density at radius 3 is 2.84 bits per heavy atom. The number of nitrogens with zero attached hydrogens (tertiary/aromatic N) is 2. The topological polar surface area (TPSA) is 47.3 Å². The van der Waals surface area contributed by atoms with E-state index in [0.29, 0.717) is 17.8 Å².